The number of hydrogen-bond donors (Lipinski definition) is 2. The molecule has 6 heteroatoms. The lowest BCUT2D eigenvalue weighted by Crippen LogP contribution is -3.12. The Morgan fingerprint density at radius 3 is 2.50 bits per heavy atom. The molecule has 1 atom stereocenters. The summed E-state index contributed by atoms with van der Waals surface area (Å²) in [4.78, 5) is 25.9. The summed E-state index contributed by atoms with van der Waals surface area (Å²) in [5, 5.41) is 2.96. The molecule has 26 heavy (non-hydrogen) atoms. The molecule has 2 aliphatic rings. The number of carbonyl (C=O) groups excluding carboxylic acids is 2. The standard InChI is InChI=1S/C20H28N2O4/c1-15(19(23)21-18-4-2-3-5-18)26-20(24)17-8-6-16(7-9-17)14-22-10-12-25-13-11-22/h6-9,15,18H,2-5,10-14H2,1H3,(H,21,23)/p+1/t15-/m0/s1. The molecule has 1 saturated heterocycles. The van der Waals surface area contributed by atoms with Gasteiger partial charge in [0.1, 0.15) is 19.6 Å². The molecule has 1 aromatic rings. The van der Waals surface area contributed by atoms with Crippen LogP contribution in [-0.2, 0) is 20.8 Å². The molecular weight excluding hydrogens is 332 g/mol. The fourth-order valence-corrected chi connectivity index (χ4v) is 3.56. The minimum absolute atomic E-state index is 0.210. The van der Waals surface area contributed by atoms with Crippen LogP contribution in [0.2, 0.25) is 0 Å². The van der Waals surface area contributed by atoms with Crippen molar-refractivity contribution in [3.63, 3.8) is 0 Å². The first-order valence-corrected chi connectivity index (χ1v) is 9.63. The first-order valence-electron chi connectivity index (χ1n) is 9.63. The van der Waals surface area contributed by atoms with Crippen LogP contribution < -0.4 is 10.2 Å². The highest BCUT2D eigenvalue weighted by molar-refractivity contribution is 5.92. The Kier molecular flexibility index (Phi) is 6.63. The van der Waals surface area contributed by atoms with Crippen LogP contribution in [-0.4, -0.2) is 50.3 Å². The lowest BCUT2D eigenvalue weighted by molar-refractivity contribution is -0.921. The zero-order valence-corrected chi connectivity index (χ0v) is 15.5. The van der Waals surface area contributed by atoms with Crippen molar-refractivity contribution in [2.75, 3.05) is 26.3 Å². The fraction of sp³-hybridized carbons (Fsp3) is 0.600. The summed E-state index contributed by atoms with van der Waals surface area (Å²) in [5.74, 6) is -0.665. The van der Waals surface area contributed by atoms with Crippen LogP contribution in [0.15, 0.2) is 24.3 Å². The number of rotatable bonds is 6. The third kappa shape index (κ3) is 5.29. The Bertz CT molecular complexity index is 605. The molecule has 1 aromatic carbocycles. The monoisotopic (exact) mass is 361 g/mol. The molecule has 1 aliphatic heterocycles. The minimum Gasteiger partial charge on any atom is -0.449 e. The predicted molar refractivity (Wildman–Crippen MR) is 96.9 cm³/mol. The number of hydrogen-bond acceptors (Lipinski definition) is 4. The number of nitrogens with one attached hydrogen (secondary N) is 2. The highest BCUT2D eigenvalue weighted by Crippen LogP contribution is 2.18. The third-order valence-corrected chi connectivity index (χ3v) is 5.20. The van der Waals surface area contributed by atoms with E-state index >= 15 is 0 Å². The van der Waals surface area contributed by atoms with Crippen LogP contribution in [0.1, 0.15) is 48.5 Å². The van der Waals surface area contributed by atoms with Crippen molar-refractivity contribution in [3.8, 4) is 0 Å². The van der Waals surface area contributed by atoms with Crippen molar-refractivity contribution >= 4 is 11.9 Å². The number of esters is 1. The van der Waals surface area contributed by atoms with E-state index in [0.717, 1.165) is 58.5 Å². The van der Waals surface area contributed by atoms with E-state index in [4.69, 9.17) is 9.47 Å². The number of carbonyl (C=O) groups is 2. The van der Waals surface area contributed by atoms with Gasteiger partial charge >= 0.3 is 5.97 Å². The maximum Gasteiger partial charge on any atom is 0.338 e. The normalized spacial score (nSPS) is 19.9. The van der Waals surface area contributed by atoms with E-state index < -0.39 is 12.1 Å². The highest BCUT2D eigenvalue weighted by Gasteiger charge is 2.23. The average molecular weight is 361 g/mol. The van der Waals surface area contributed by atoms with Gasteiger partial charge in [-0.25, -0.2) is 4.79 Å². The second-order valence-corrected chi connectivity index (χ2v) is 7.27. The van der Waals surface area contributed by atoms with Gasteiger partial charge in [0.2, 0.25) is 0 Å². The van der Waals surface area contributed by atoms with Gasteiger partial charge in [-0.3, -0.25) is 4.79 Å². The number of quaternary nitrogens is 1. The summed E-state index contributed by atoms with van der Waals surface area (Å²) >= 11 is 0. The maximum absolute atomic E-state index is 12.3. The topological polar surface area (TPSA) is 69.1 Å². The molecule has 0 spiro atoms. The predicted octanol–water partition coefficient (Wildman–Crippen LogP) is 0.706. The lowest BCUT2D eigenvalue weighted by Gasteiger charge is -2.23. The lowest BCUT2D eigenvalue weighted by atomic mass is 10.1. The van der Waals surface area contributed by atoms with Crippen molar-refractivity contribution in [3.05, 3.63) is 35.4 Å². The van der Waals surface area contributed by atoms with Gasteiger partial charge in [0, 0.05) is 11.6 Å². The van der Waals surface area contributed by atoms with Gasteiger partial charge < -0.3 is 19.7 Å². The van der Waals surface area contributed by atoms with Crippen LogP contribution >= 0.6 is 0 Å². The molecule has 1 saturated carbocycles. The Morgan fingerprint density at radius 1 is 1.19 bits per heavy atom. The average Bonchev–Trinajstić information content (AvgIpc) is 3.16. The van der Waals surface area contributed by atoms with Crippen LogP contribution in [0.4, 0.5) is 0 Å². The molecule has 0 radical (unpaired) electrons. The van der Waals surface area contributed by atoms with Crippen LogP contribution in [0.3, 0.4) is 0 Å². The number of ether oxygens (including phenoxy) is 2. The largest absolute Gasteiger partial charge is 0.449 e. The van der Waals surface area contributed by atoms with E-state index in [1.807, 2.05) is 12.1 Å². The fourth-order valence-electron chi connectivity index (χ4n) is 3.56. The molecule has 0 unspecified atom stereocenters. The van der Waals surface area contributed by atoms with E-state index in [-0.39, 0.29) is 11.9 Å². The number of benzene rings is 1. The van der Waals surface area contributed by atoms with Gasteiger partial charge in [-0.05, 0) is 31.9 Å². The molecule has 1 amide bonds. The summed E-state index contributed by atoms with van der Waals surface area (Å²) in [7, 11) is 0. The highest BCUT2D eigenvalue weighted by atomic mass is 16.5. The second kappa shape index (κ2) is 9.14. The minimum atomic E-state index is -0.777. The smallest absolute Gasteiger partial charge is 0.338 e. The van der Waals surface area contributed by atoms with Crippen LogP contribution in [0.25, 0.3) is 0 Å². The van der Waals surface area contributed by atoms with E-state index in [0.29, 0.717) is 5.56 Å². The molecule has 0 bridgehead atoms. The molecule has 3 rings (SSSR count). The van der Waals surface area contributed by atoms with E-state index in [1.165, 1.54) is 10.5 Å². The van der Waals surface area contributed by atoms with E-state index in [1.54, 1.807) is 19.1 Å². The summed E-state index contributed by atoms with van der Waals surface area (Å²) in [5.41, 5.74) is 1.66. The van der Waals surface area contributed by atoms with Gasteiger partial charge in [0.25, 0.3) is 5.91 Å². The molecule has 6 nitrogen and oxygen atoms in total. The summed E-state index contributed by atoms with van der Waals surface area (Å²) in [6.07, 6.45) is 3.55. The second-order valence-electron chi connectivity index (χ2n) is 7.27. The van der Waals surface area contributed by atoms with Crippen molar-refractivity contribution < 1.29 is 24.0 Å². The Morgan fingerprint density at radius 2 is 1.85 bits per heavy atom. The quantitative estimate of drug-likeness (QED) is 0.732. The SMILES string of the molecule is C[C@H](OC(=O)c1ccc(C[NH+]2CCOCC2)cc1)C(=O)NC1CCCC1. The van der Waals surface area contributed by atoms with E-state index in [9.17, 15) is 9.59 Å². The third-order valence-electron chi connectivity index (χ3n) is 5.20. The first-order chi connectivity index (χ1) is 12.6. The van der Waals surface area contributed by atoms with E-state index in [2.05, 4.69) is 5.32 Å². The molecular formula is C20H29N2O4+. The zero-order chi connectivity index (χ0) is 18.4. The number of amides is 1. The van der Waals surface area contributed by atoms with Gasteiger partial charge in [-0.15, -0.1) is 0 Å². The summed E-state index contributed by atoms with van der Waals surface area (Å²) in [6, 6.07) is 7.70. The van der Waals surface area contributed by atoms with Crippen molar-refractivity contribution in [2.45, 2.75) is 51.3 Å². The summed E-state index contributed by atoms with van der Waals surface area (Å²) in [6.45, 7) is 6.19. The molecule has 2 N–H and O–H groups in total. The first kappa shape index (κ1) is 18.9. The molecule has 142 valence electrons. The summed E-state index contributed by atoms with van der Waals surface area (Å²) < 4.78 is 10.7. The molecule has 2 fully saturated rings. The Balaban J connectivity index is 1.48. The Hall–Kier alpha value is -1.92. The number of morpholine rings is 1. The van der Waals surface area contributed by atoms with Gasteiger partial charge in [-0.2, -0.15) is 0 Å². The Labute approximate surface area is 154 Å². The molecule has 0 aromatic heterocycles. The van der Waals surface area contributed by atoms with Crippen molar-refractivity contribution in [1.29, 1.82) is 0 Å². The maximum atomic E-state index is 12.3. The molecule has 1 heterocycles. The van der Waals surface area contributed by atoms with Crippen molar-refractivity contribution in [1.82, 2.24) is 5.32 Å². The van der Waals surface area contributed by atoms with Gasteiger partial charge in [0.15, 0.2) is 6.10 Å². The zero-order valence-electron chi connectivity index (χ0n) is 15.5. The van der Waals surface area contributed by atoms with Gasteiger partial charge in [0.05, 0.1) is 18.8 Å². The molecule has 1 aliphatic carbocycles. The van der Waals surface area contributed by atoms with Crippen LogP contribution in [0.5, 0.6) is 0 Å². The van der Waals surface area contributed by atoms with Crippen molar-refractivity contribution in [2.24, 2.45) is 0 Å². The van der Waals surface area contributed by atoms with Crippen LogP contribution in [0, 0.1) is 0 Å². The van der Waals surface area contributed by atoms with Gasteiger partial charge in [-0.1, -0.05) is 25.0 Å².